The molecule has 0 amide bonds. The van der Waals surface area contributed by atoms with Crippen molar-refractivity contribution in [2.45, 2.75) is 27.2 Å². The number of nitrogens with zero attached hydrogens (tertiary/aromatic N) is 4. The predicted octanol–water partition coefficient (Wildman–Crippen LogP) is 4.71. The van der Waals surface area contributed by atoms with Crippen molar-refractivity contribution >= 4 is 17.3 Å². The first kappa shape index (κ1) is 16.3. The van der Waals surface area contributed by atoms with Crippen LogP contribution in [0.4, 0.5) is 11.5 Å². The summed E-state index contributed by atoms with van der Waals surface area (Å²) in [6.45, 7) is 6.19. The Hall–Kier alpha value is -3.21. The van der Waals surface area contributed by atoms with Gasteiger partial charge in [-0.2, -0.15) is 9.50 Å². The van der Waals surface area contributed by atoms with Gasteiger partial charge in [0.25, 0.3) is 5.78 Å². The maximum Gasteiger partial charge on any atom is 0.254 e. The van der Waals surface area contributed by atoms with Gasteiger partial charge in [0.05, 0.1) is 0 Å². The quantitative estimate of drug-likeness (QED) is 0.583. The van der Waals surface area contributed by atoms with Crippen molar-refractivity contribution in [2.75, 3.05) is 5.32 Å². The average Bonchev–Trinajstić information content (AvgIpc) is 3.07. The molecule has 0 unspecified atom stereocenters. The number of aromatic nitrogens is 4. The van der Waals surface area contributed by atoms with Gasteiger partial charge in [-0.1, -0.05) is 55.0 Å². The Morgan fingerprint density at radius 1 is 0.962 bits per heavy atom. The molecule has 0 saturated heterocycles. The molecule has 4 rings (SSSR count). The van der Waals surface area contributed by atoms with Crippen molar-refractivity contribution in [3.63, 3.8) is 0 Å². The molecule has 26 heavy (non-hydrogen) atoms. The molecule has 5 nitrogen and oxygen atoms in total. The molecule has 2 heterocycles. The van der Waals surface area contributed by atoms with Crippen molar-refractivity contribution in [1.82, 2.24) is 19.6 Å². The minimum absolute atomic E-state index is 0.594. The van der Waals surface area contributed by atoms with E-state index in [4.69, 9.17) is 0 Å². The molecule has 0 fully saturated rings. The smallest absolute Gasteiger partial charge is 0.254 e. The minimum atomic E-state index is 0.594. The number of nitrogens with one attached hydrogen (secondary N) is 1. The van der Waals surface area contributed by atoms with Gasteiger partial charge in [0.2, 0.25) is 0 Å². The van der Waals surface area contributed by atoms with Crippen LogP contribution in [0, 0.1) is 13.8 Å². The monoisotopic (exact) mass is 343 g/mol. The van der Waals surface area contributed by atoms with E-state index in [9.17, 15) is 0 Å². The van der Waals surface area contributed by atoms with Crippen molar-refractivity contribution in [3.8, 4) is 11.4 Å². The largest absolute Gasteiger partial charge is 0.340 e. The summed E-state index contributed by atoms with van der Waals surface area (Å²) >= 11 is 0. The summed E-state index contributed by atoms with van der Waals surface area (Å²) in [4.78, 5) is 9.15. The lowest BCUT2D eigenvalue weighted by atomic mass is 10.1. The summed E-state index contributed by atoms with van der Waals surface area (Å²) in [6.07, 6.45) is 0.961. The fraction of sp³-hybridized carbons (Fsp3) is 0.190. The molecule has 0 spiro atoms. The Morgan fingerprint density at radius 3 is 2.50 bits per heavy atom. The van der Waals surface area contributed by atoms with Crippen LogP contribution in [0.25, 0.3) is 17.2 Å². The number of rotatable bonds is 4. The third-order valence-electron chi connectivity index (χ3n) is 4.41. The SMILES string of the molecule is CCc1ccccc1Nc1cc(C)nc2nc(-c3ccc(C)cc3)nn12. The first-order chi connectivity index (χ1) is 12.6. The van der Waals surface area contributed by atoms with Crippen LogP contribution in [0.1, 0.15) is 23.7 Å². The van der Waals surface area contributed by atoms with Crippen LogP contribution in [-0.2, 0) is 6.42 Å². The second-order valence-corrected chi connectivity index (χ2v) is 6.43. The molecule has 2 aromatic carbocycles. The number of aryl methyl sites for hydroxylation is 3. The van der Waals surface area contributed by atoms with E-state index in [1.807, 2.05) is 31.2 Å². The summed E-state index contributed by atoms with van der Waals surface area (Å²) < 4.78 is 1.77. The highest BCUT2D eigenvalue weighted by atomic mass is 15.4. The molecule has 4 aromatic rings. The van der Waals surface area contributed by atoms with E-state index in [0.29, 0.717) is 11.6 Å². The van der Waals surface area contributed by atoms with Crippen molar-refractivity contribution in [2.24, 2.45) is 0 Å². The highest BCUT2D eigenvalue weighted by molar-refractivity contribution is 5.64. The van der Waals surface area contributed by atoms with Gasteiger partial charge in [-0.3, -0.25) is 0 Å². The average molecular weight is 343 g/mol. The maximum absolute atomic E-state index is 4.69. The molecule has 1 N–H and O–H groups in total. The topological polar surface area (TPSA) is 55.1 Å². The van der Waals surface area contributed by atoms with Crippen LogP contribution in [0.5, 0.6) is 0 Å². The number of benzene rings is 2. The van der Waals surface area contributed by atoms with Gasteiger partial charge in [0.1, 0.15) is 5.82 Å². The molecular weight excluding hydrogens is 322 g/mol. The van der Waals surface area contributed by atoms with Gasteiger partial charge in [-0.05, 0) is 31.9 Å². The molecule has 130 valence electrons. The van der Waals surface area contributed by atoms with Crippen molar-refractivity contribution in [1.29, 1.82) is 0 Å². The normalized spacial score (nSPS) is 11.0. The Morgan fingerprint density at radius 2 is 1.73 bits per heavy atom. The van der Waals surface area contributed by atoms with E-state index in [1.165, 1.54) is 11.1 Å². The highest BCUT2D eigenvalue weighted by Crippen LogP contribution is 2.24. The molecule has 5 heteroatoms. The maximum atomic E-state index is 4.69. The molecule has 0 saturated carbocycles. The van der Waals surface area contributed by atoms with E-state index in [1.54, 1.807) is 4.52 Å². The minimum Gasteiger partial charge on any atom is -0.340 e. The Kier molecular flexibility index (Phi) is 4.13. The fourth-order valence-corrected chi connectivity index (χ4v) is 2.99. The molecule has 0 aliphatic carbocycles. The lowest BCUT2D eigenvalue weighted by molar-refractivity contribution is 0.939. The summed E-state index contributed by atoms with van der Waals surface area (Å²) in [5.41, 5.74) is 5.43. The van der Waals surface area contributed by atoms with E-state index in [-0.39, 0.29) is 0 Å². The standard InChI is InChI=1S/C21H21N5/c1-4-16-7-5-6-8-18(16)23-19-13-15(3)22-21-24-20(25-26(19)21)17-11-9-14(2)10-12-17/h5-13,23H,4H2,1-3H3. The fourth-order valence-electron chi connectivity index (χ4n) is 2.99. The summed E-state index contributed by atoms with van der Waals surface area (Å²) in [7, 11) is 0. The van der Waals surface area contributed by atoms with E-state index in [2.05, 4.69) is 64.6 Å². The van der Waals surface area contributed by atoms with Crippen LogP contribution in [-0.4, -0.2) is 19.6 Å². The molecule has 2 aromatic heterocycles. The highest BCUT2D eigenvalue weighted by Gasteiger charge is 2.12. The number of hydrogen-bond donors (Lipinski definition) is 1. The molecule has 0 bridgehead atoms. The summed E-state index contributed by atoms with van der Waals surface area (Å²) in [5.74, 6) is 2.13. The summed E-state index contributed by atoms with van der Waals surface area (Å²) in [5, 5.41) is 8.19. The molecule has 0 atom stereocenters. The Balaban J connectivity index is 1.80. The predicted molar refractivity (Wildman–Crippen MR) is 105 cm³/mol. The van der Waals surface area contributed by atoms with Crippen LogP contribution < -0.4 is 5.32 Å². The number of anilines is 2. The van der Waals surface area contributed by atoms with Gasteiger partial charge in [-0.15, -0.1) is 5.10 Å². The molecule has 0 aliphatic rings. The molecular formula is C21H21N5. The lowest BCUT2D eigenvalue weighted by Gasteiger charge is -2.12. The third-order valence-corrected chi connectivity index (χ3v) is 4.41. The second kappa shape index (κ2) is 6.59. The van der Waals surface area contributed by atoms with Gasteiger partial charge >= 0.3 is 0 Å². The molecule has 0 radical (unpaired) electrons. The Labute approximate surface area is 152 Å². The van der Waals surface area contributed by atoms with E-state index in [0.717, 1.165) is 29.2 Å². The van der Waals surface area contributed by atoms with E-state index >= 15 is 0 Å². The Bertz CT molecular complexity index is 1060. The first-order valence-electron chi connectivity index (χ1n) is 8.80. The lowest BCUT2D eigenvalue weighted by Crippen LogP contribution is -2.04. The number of para-hydroxylation sites is 1. The van der Waals surface area contributed by atoms with E-state index < -0.39 is 0 Å². The van der Waals surface area contributed by atoms with Gasteiger partial charge in [0.15, 0.2) is 5.82 Å². The van der Waals surface area contributed by atoms with Crippen LogP contribution >= 0.6 is 0 Å². The van der Waals surface area contributed by atoms with Crippen LogP contribution in [0.2, 0.25) is 0 Å². The zero-order valence-electron chi connectivity index (χ0n) is 15.2. The van der Waals surface area contributed by atoms with Gasteiger partial charge in [0, 0.05) is 23.0 Å². The zero-order valence-corrected chi connectivity index (χ0v) is 15.2. The first-order valence-corrected chi connectivity index (χ1v) is 8.80. The number of hydrogen-bond acceptors (Lipinski definition) is 4. The molecule has 0 aliphatic heterocycles. The number of fused-ring (bicyclic) bond motifs is 1. The van der Waals surface area contributed by atoms with Gasteiger partial charge in [-0.25, -0.2) is 4.98 Å². The van der Waals surface area contributed by atoms with Crippen LogP contribution in [0.15, 0.2) is 54.6 Å². The van der Waals surface area contributed by atoms with Crippen LogP contribution in [0.3, 0.4) is 0 Å². The third kappa shape index (κ3) is 3.04. The zero-order chi connectivity index (χ0) is 18.1. The summed E-state index contributed by atoms with van der Waals surface area (Å²) in [6, 6.07) is 18.5. The van der Waals surface area contributed by atoms with Crippen molar-refractivity contribution < 1.29 is 0 Å². The second-order valence-electron chi connectivity index (χ2n) is 6.43. The van der Waals surface area contributed by atoms with Crippen molar-refractivity contribution in [3.05, 3.63) is 71.4 Å². The van der Waals surface area contributed by atoms with Gasteiger partial charge < -0.3 is 5.32 Å².